The fourth-order valence-corrected chi connectivity index (χ4v) is 1.65. The molecule has 3 N–H and O–H groups in total. The first kappa shape index (κ1) is 9.27. The predicted molar refractivity (Wildman–Crippen MR) is 56.1 cm³/mol. The third-order valence-electron chi connectivity index (χ3n) is 2.58. The lowest BCUT2D eigenvalue weighted by atomic mass is 9.89. The van der Waals surface area contributed by atoms with E-state index >= 15 is 0 Å². The van der Waals surface area contributed by atoms with Crippen molar-refractivity contribution < 1.29 is 4.74 Å². The van der Waals surface area contributed by atoms with Crippen LogP contribution in [-0.4, -0.2) is 24.2 Å². The number of hydrogen-bond acceptors (Lipinski definition) is 4. The van der Waals surface area contributed by atoms with Gasteiger partial charge in [0.15, 0.2) is 0 Å². The summed E-state index contributed by atoms with van der Waals surface area (Å²) >= 11 is 0. The second kappa shape index (κ2) is 3.84. The van der Waals surface area contributed by atoms with Gasteiger partial charge in [0.05, 0.1) is 6.10 Å². The van der Waals surface area contributed by atoms with E-state index in [2.05, 4.69) is 10.3 Å². The number of nitrogens with zero attached hydrogens (tertiary/aromatic N) is 1. The molecule has 4 heteroatoms. The van der Waals surface area contributed by atoms with Crippen molar-refractivity contribution in [3.05, 3.63) is 18.3 Å². The maximum atomic E-state index is 5.57. The first-order valence-corrected chi connectivity index (χ1v) is 4.79. The summed E-state index contributed by atoms with van der Waals surface area (Å²) in [5.74, 6) is 0.553. The lowest BCUT2D eigenvalue weighted by molar-refractivity contribution is 0.0329. The number of aromatic nitrogens is 1. The van der Waals surface area contributed by atoms with Crippen molar-refractivity contribution >= 4 is 11.5 Å². The molecule has 0 atom stereocenters. The summed E-state index contributed by atoms with van der Waals surface area (Å²) in [4.78, 5) is 3.94. The van der Waals surface area contributed by atoms with E-state index in [-0.39, 0.29) is 0 Å². The smallest absolute Gasteiger partial charge is 0.125 e. The molecule has 0 bridgehead atoms. The van der Waals surface area contributed by atoms with E-state index < -0.39 is 0 Å². The lowest BCUT2D eigenvalue weighted by Gasteiger charge is -2.35. The Labute approximate surface area is 83.5 Å². The van der Waals surface area contributed by atoms with E-state index in [0.29, 0.717) is 18.0 Å². The Kier molecular flexibility index (Phi) is 2.54. The molecule has 0 aliphatic heterocycles. The van der Waals surface area contributed by atoms with Gasteiger partial charge in [0.25, 0.3) is 0 Å². The van der Waals surface area contributed by atoms with Crippen molar-refractivity contribution in [2.75, 3.05) is 18.2 Å². The Bertz CT molecular complexity index is 310. The van der Waals surface area contributed by atoms with Gasteiger partial charge in [0.1, 0.15) is 5.82 Å². The molecule has 0 radical (unpaired) electrons. The van der Waals surface area contributed by atoms with Gasteiger partial charge in [-0.25, -0.2) is 4.98 Å². The van der Waals surface area contributed by atoms with E-state index in [1.54, 1.807) is 13.3 Å². The predicted octanol–water partition coefficient (Wildman–Crippen LogP) is 1.25. The van der Waals surface area contributed by atoms with Crippen molar-refractivity contribution in [1.29, 1.82) is 0 Å². The first-order valence-electron chi connectivity index (χ1n) is 4.79. The highest BCUT2D eigenvalue weighted by Gasteiger charge is 2.28. The molecule has 1 aromatic heterocycles. The van der Waals surface area contributed by atoms with Crippen LogP contribution >= 0.6 is 0 Å². The first-order chi connectivity index (χ1) is 6.78. The quantitative estimate of drug-likeness (QED) is 0.758. The van der Waals surface area contributed by atoms with Crippen LogP contribution in [0, 0.1) is 0 Å². The minimum atomic E-state index is 0.423. The third-order valence-corrected chi connectivity index (χ3v) is 2.58. The standard InChI is InChI=1S/C10H15N3O/c1-14-9-4-8(5-9)13-7-2-3-12-10(11)6-7/h2-3,6,8-9H,4-5H2,1H3,(H3,11,12,13). The summed E-state index contributed by atoms with van der Waals surface area (Å²) in [5, 5.41) is 3.38. The van der Waals surface area contributed by atoms with E-state index in [1.165, 1.54) is 0 Å². The molecule has 4 nitrogen and oxygen atoms in total. The van der Waals surface area contributed by atoms with Crippen LogP contribution in [0.2, 0.25) is 0 Å². The molecule has 1 saturated carbocycles. The Balaban J connectivity index is 1.87. The van der Waals surface area contributed by atoms with Gasteiger partial charge < -0.3 is 15.8 Å². The zero-order chi connectivity index (χ0) is 9.97. The number of methoxy groups -OCH3 is 1. The summed E-state index contributed by atoms with van der Waals surface area (Å²) in [7, 11) is 1.76. The SMILES string of the molecule is COC1CC(Nc2ccnc(N)c2)C1. The Hall–Kier alpha value is -1.29. The molecule has 1 aliphatic rings. The van der Waals surface area contributed by atoms with Gasteiger partial charge in [-0.3, -0.25) is 0 Å². The van der Waals surface area contributed by atoms with E-state index in [4.69, 9.17) is 10.5 Å². The minimum absolute atomic E-state index is 0.423. The number of ether oxygens (including phenoxy) is 1. The highest BCUT2D eigenvalue weighted by atomic mass is 16.5. The van der Waals surface area contributed by atoms with Crippen LogP contribution in [0.1, 0.15) is 12.8 Å². The van der Waals surface area contributed by atoms with Crippen LogP contribution in [0.3, 0.4) is 0 Å². The van der Waals surface area contributed by atoms with Crippen LogP contribution in [0.15, 0.2) is 18.3 Å². The minimum Gasteiger partial charge on any atom is -0.384 e. The Morgan fingerprint density at radius 3 is 3.00 bits per heavy atom. The van der Waals surface area contributed by atoms with Crippen molar-refractivity contribution in [3.63, 3.8) is 0 Å². The molecule has 0 aromatic carbocycles. The molecule has 1 heterocycles. The highest BCUT2D eigenvalue weighted by molar-refractivity contribution is 5.50. The van der Waals surface area contributed by atoms with E-state index in [1.807, 2.05) is 12.1 Å². The zero-order valence-electron chi connectivity index (χ0n) is 8.23. The molecule has 14 heavy (non-hydrogen) atoms. The van der Waals surface area contributed by atoms with Crippen molar-refractivity contribution in [2.45, 2.75) is 25.0 Å². The largest absolute Gasteiger partial charge is 0.384 e. The number of anilines is 2. The van der Waals surface area contributed by atoms with Crippen LogP contribution in [0.25, 0.3) is 0 Å². The number of rotatable bonds is 3. The molecule has 1 fully saturated rings. The maximum absolute atomic E-state index is 5.57. The van der Waals surface area contributed by atoms with Gasteiger partial charge in [-0.1, -0.05) is 0 Å². The van der Waals surface area contributed by atoms with E-state index in [0.717, 1.165) is 18.5 Å². The monoisotopic (exact) mass is 193 g/mol. The van der Waals surface area contributed by atoms with E-state index in [9.17, 15) is 0 Å². The molecular formula is C10H15N3O. The summed E-state index contributed by atoms with van der Waals surface area (Å²) in [6, 6.07) is 4.29. The molecule has 0 spiro atoms. The zero-order valence-corrected chi connectivity index (χ0v) is 8.23. The molecule has 1 aliphatic carbocycles. The Morgan fingerprint density at radius 1 is 1.57 bits per heavy atom. The second-order valence-corrected chi connectivity index (χ2v) is 3.64. The normalized spacial score (nSPS) is 25.5. The number of hydrogen-bond donors (Lipinski definition) is 2. The van der Waals surface area contributed by atoms with Gasteiger partial charge in [-0.05, 0) is 18.9 Å². The molecule has 2 rings (SSSR count). The summed E-state index contributed by atoms with van der Waals surface area (Å²) in [6.45, 7) is 0. The van der Waals surface area contributed by atoms with Crippen LogP contribution in [-0.2, 0) is 4.74 Å². The molecule has 0 unspecified atom stereocenters. The molecule has 0 amide bonds. The number of nitrogens with one attached hydrogen (secondary N) is 1. The second-order valence-electron chi connectivity index (χ2n) is 3.64. The number of nitrogens with two attached hydrogens (primary N) is 1. The summed E-state index contributed by atoms with van der Waals surface area (Å²) in [5.41, 5.74) is 6.61. The average Bonchev–Trinajstić information content (AvgIpc) is 2.10. The van der Waals surface area contributed by atoms with Crippen molar-refractivity contribution in [2.24, 2.45) is 0 Å². The van der Waals surface area contributed by atoms with Crippen LogP contribution in [0.5, 0.6) is 0 Å². The summed E-state index contributed by atoms with van der Waals surface area (Å²) < 4.78 is 5.20. The highest BCUT2D eigenvalue weighted by Crippen LogP contribution is 2.26. The Morgan fingerprint density at radius 2 is 2.36 bits per heavy atom. The number of pyridine rings is 1. The lowest BCUT2D eigenvalue weighted by Crippen LogP contribution is -2.40. The van der Waals surface area contributed by atoms with Crippen molar-refractivity contribution in [1.82, 2.24) is 4.98 Å². The molecule has 1 aromatic rings. The van der Waals surface area contributed by atoms with Gasteiger partial charge in [0, 0.05) is 31.1 Å². The topological polar surface area (TPSA) is 60.2 Å². The molecular weight excluding hydrogens is 178 g/mol. The fraction of sp³-hybridized carbons (Fsp3) is 0.500. The molecule has 0 saturated heterocycles. The maximum Gasteiger partial charge on any atom is 0.125 e. The summed E-state index contributed by atoms with van der Waals surface area (Å²) in [6.07, 6.45) is 4.27. The van der Waals surface area contributed by atoms with Crippen LogP contribution < -0.4 is 11.1 Å². The third kappa shape index (κ3) is 1.96. The van der Waals surface area contributed by atoms with Crippen LogP contribution in [0.4, 0.5) is 11.5 Å². The number of nitrogen functional groups attached to an aromatic ring is 1. The van der Waals surface area contributed by atoms with Crippen molar-refractivity contribution in [3.8, 4) is 0 Å². The molecule has 76 valence electrons. The average molecular weight is 193 g/mol. The van der Waals surface area contributed by atoms with Gasteiger partial charge in [-0.2, -0.15) is 0 Å². The van der Waals surface area contributed by atoms with Gasteiger partial charge >= 0.3 is 0 Å². The van der Waals surface area contributed by atoms with Gasteiger partial charge in [-0.15, -0.1) is 0 Å². The fourth-order valence-electron chi connectivity index (χ4n) is 1.65. The van der Waals surface area contributed by atoms with Gasteiger partial charge in [0.2, 0.25) is 0 Å².